The molecule has 12 heterocycles. The summed E-state index contributed by atoms with van der Waals surface area (Å²) in [5.74, 6) is 2.66. The Morgan fingerprint density at radius 3 is 1.16 bits per heavy atom. The molecule has 112 heavy (non-hydrogen) atoms. The zero-order valence-electron chi connectivity index (χ0n) is 62.2. The quantitative estimate of drug-likeness (QED) is 0.0410. The summed E-state index contributed by atoms with van der Waals surface area (Å²) in [5.41, 5.74) is 26.5. The number of rotatable bonds is 19. The van der Waals surface area contributed by atoms with Gasteiger partial charge in [0.05, 0.1) is 18.1 Å². The molecule has 12 aromatic rings. The number of nitrogens with zero attached hydrogens (tertiary/aromatic N) is 17. The van der Waals surface area contributed by atoms with Crippen molar-refractivity contribution < 1.29 is 33.2 Å². The van der Waals surface area contributed by atoms with Crippen molar-refractivity contribution in [3.8, 4) is 33.8 Å². The Bertz CT molecular complexity index is 5500. The molecule has 3 saturated heterocycles. The summed E-state index contributed by atoms with van der Waals surface area (Å²) in [4.78, 5) is 126. The number of benzene rings is 3. The number of nitrogen functional groups attached to an aromatic ring is 3. The largest absolute Gasteiger partial charge is 0.382 e. The van der Waals surface area contributed by atoms with E-state index in [0.717, 1.165) is 79.4 Å². The molecular formula is C82H84FN23O6. The maximum Gasteiger partial charge on any atom is 0.256 e. The lowest BCUT2D eigenvalue weighted by molar-refractivity contribution is -0.130. The van der Waals surface area contributed by atoms with E-state index in [0.29, 0.717) is 118 Å². The number of carbonyl (C=O) groups excluding carboxylic acids is 6. The van der Waals surface area contributed by atoms with Crippen LogP contribution in [0.1, 0.15) is 112 Å². The second kappa shape index (κ2) is 34.7. The highest BCUT2D eigenvalue weighted by Crippen LogP contribution is 2.40. The van der Waals surface area contributed by atoms with E-state index in [1.807, 2.05) is 116 Å². The van der Waals surface area contributed by atoms with Crippen molar-refractivity contribution in [3.05, 3.63) is 254 Å². The minimum absolute atomic E-state index is 0.0297. The normalized spacial score (nSPS) is 15.6. The smallest absolute Gasteiger partial charge is 0.256 e. The predicted octanol–water partition coefficient (Wildman–Crippen LogP) is 10.8. The van der Waals surface area contributed by atoms with Crippen LogP contribution >= 0.6 is 0 Å². The molecule has 0 spiro atoms. The number of carbonyl (C=O) groups is 6. The molecule has 570 valence electrons. The third-order valence-electron chi connectivity index (χ3n) is 19.3. The molecule has 29 nitrogen and oxygen atoms in total. The number of halogens is 1. The van der Waals surface area contributed by atoms with Gasteiger partial charge >= 0.3 is 0 Å². The zero-order valence-corrected chi connectivity index (χ0v) is 62.2. The second-order valence-electron chi connectivity index (χ2n) is 27.4. The molecule has 3 aromatic carbocycles. The van der Waals surface area contributed by atoms with Crippen molar-refractivity contribution in [2.24, 2.45) is 0 Å². The molecule has 15 rings (SSSR count). The number of hydrogen-bond acceptors (Lipinski definition) is 20. The first kappa shape index (κ1) is 76.5. The highest BCUT2D eigenvalue weighted by Gasteiger charge is 2.36. The van der Waals surface area contributed by atoms with Crippen LogP contribution < -0.4 is 33.2 Å². The third kappa shape index (κ3) is 17.2. The Morgan fingerprint density at radius 2 is 0.804 bits per heavy atom. The van der Waals surface area contributed by atoms with Crippen LogP contribution in [-0.4, -0.2) is 179 Å². The van der Waals surface area contributed by atoms with E-state index in [1.54, 1.807) is 133 Å². The molecule has 9 aromatic heterocycles. The van der Waals surface area contributed by atoms with Gasteiger partial charge in [-0.25, -0.2) is 49.2 Å². The van der Waals surface area contributed by atoms with Gasteiger partial charge in [-0.3, -0.25) is 42.0 Å². The molecule has 30 heteroatoms. The summed E-state index contributed by atoms with van der Waals surface area (Å²) in [5, 5.41) is 8.16. The number of likely N-dealkylation sites (N-methyl/N-ethyl adjacent to an activating group) is 2. The number of anilines is 6. The number of amides is 6. The van der Waals surface area contributed by atoms with Gasteiger partial charge in [0.1, 0.15) is 91.8 Å². The Balaban J connectivity index is 0.000000148. The molecule has 0 unspecified atom stereocenters. The van der Waals surface area contributed by atoms with Crippen LogP contribution in [0.2, 0.25) is 0 Å². The fourth-order valence-corrected chi connectivity index (χ4v) is 13.9. The van der Waals surface area contributed by atoms with Crippen molar-refractivity contribution in [1.29, 1.82) is 0 Å². The van der Waals surface area contributed by atoms with Gasteiger partial charge in [-0.15, -0.1) is 0 Å². The van der Waals surface area contributed by atoms with E-state index in [1.165, 1.54) is 18.3 Å². The Kier molecular flexibility index (Phi) is 23.7. The van der Waals surface area contributed by atoms with Crippen molar-refractivity contribution >= 4 is 86.9 Å². The van der Waals surface area contributed by atoms with Crippen LogP contribution in [-0.2, 0) is 14.4 Å². The zero-order chi connectivity index (χ0) is 78.5. The van der Waals surface area contributed by atoms with Crippen LogP contribution in [0.4, 0.5) is 39.3 Å². The van der Waals surface area contributed by atoms with Crippen LogP contribution in [0, 0.1) is 5.82 Å². The average molecular weight is 1510 g/mol. The Morgan fingerprint density at radius 1 is 0.446 bits per heavy atom. The van der Waals surface area contributed by atoms with Crippen molar-refractivity contribution in [3.63, 3.8) is 0 Å². The summed E-state index contributed by atoms with van der Waals surface area (Å²) >= 11 is 0. The summed E-state index contributed by atoms with van der Waals surface area (Å²) in [7, 11) is 7.83. The molecule has 0 aliphatic carbocycles. The SMILES string of the molecule is C=CC(=O)N1CCC[C@H]1c1nc(-c2ccc(C(=O)Nc3ccccn3)cc2)c2c(N)nccn12.CN(C)C/C=C/C(=O)N1CCCC[C@H]1c1nc(-c2ccc(C(=O)Nc3cc(F)ccn3)cc2)c2c(N)nccn12.CN(C)C/C=C/C(=O)N1CCC[C@H]1c1nc(-c2ccc(C(=O)Nc3ccccn3)cc2)c2c(N)nccn12. The van der Waals surface area contributed by atoms with E-state index in [9.17, 15) is 33.2 Å². The Labute approximate surface area is 644 Å². The van der Waals surface area contributed by atoms with Crippen LogP contribution in [0.5, 0.6) is 0 Å². The van der Waals surface area contributed by atoms with Gasteiger partial charge < -0.3 is 57.7 Å². The molecule has 0 saturated carbocycles. The molecule has 3 aliphatic heterocycles. The van der Waals surface area contributed by atoms with Crippen LogP contribution in [0.3, 0.4) is 0 Å². The topological polar surface area (TPSA) is 362 Å². The number of hydrogen-bond donors (Lipinski definition) is 6. The van der Waals surface area contributed by atoms with Crippen molar-refractivity contribution in [2.45, 2.75) is 63.1 Å². The highest BCUT2D eigenvalue weighted by atomic mass is 19.1. The van der Waals surface area contributed by atoms with E-state index in [-0.39, 0.29) is 53.5 Å². The maximum atomic E-state index is 13.5. The van der Waals surface area contributed by atoms with Gasteiger partial charge in [-0.1, -0.05) is 67.3 Å². The molecular weight excluding hydrogens is 1420 g/mol. The lowest BCUT2D eigenvalue weighted by Crippen LogP contribution is -2.38. The summed E-state index contributed by atoms with van der Waals surface area (Å²) in [6.07, 6.45) is 29.3. The number of piperidine rings is 1. The van der Waals surface area contributed by atoms with E-state index >= 15 is 0 Å². The number of aromatic nitrogens is 12. The number of pyridine rings is 3. The fraction of sp³-hybridized carbons (Fsp3) is 0.232. The fourth-order valence-electron chi connectivity index (χ4n) is 13.9. The van der Waals surface area contributed by atoms with Gasteiger partial charge in [0.2, 0.25) is 17.7 Å². The summed E-state index contributed by atoms with van der Waals surface area (Å²) in [6.45, 7) is 6.96. The standard InChI is InChI=1S/C29H31FN8O2.C28H30N8O2.C25H23N7O2/c1-36(2)15-5-7-24(39)37-16-4-3-6-22(37)28-35-25(26-27(31)33-14-17-38(26)28)19-8-10-20(11-9-19)29(40)34-23-18-21(30)12-13-32-23;1-34(2)16-6-9-23(37)35-17-5-7-21(35)27-33-24(25-26(29)31-15-18-36(25)27)19-10-12-20(13-11-19)28(38)32-22-8-3-4-14-30-22;1-2-20(33)31-14-5-6-18(31)24-30-21(22-23(26)28-13-15-32(22)24)16-8-10-17(11-9-16)25(34)29-19-7-3-4-12-27-19/h5,7-14,17-18,22H,3-4,6,15-16H2,1-2H3,(H2,31,33)(H,32,34,40);3-4,6,8-15,18,21H,5,7,16-17H2,1-2H3,(H2,29,31)(H,30,32,38);2-4,7-13,15,18H,1,5-6,14H2,(H2,26,28)(H,27,29,34)/b7-5+;9-6+;/t22-;21-;18-/m000/s1. The number of imidazole rings is 3. The Hall–Kier alpha value is -13.7. The first-order chi connectivity index (χ1) is 54.3. The van der Waals surface area contributed by atoms with E-state index < -0.39 is 11.7 Å². The minimum Gasteiger partial charge on any atom is -0.382 e. The number of fused-ring (bicyclic) bond motifs is 3. The summed E-state index contributed by atoms with van der Waals surface area (Å²) in [6, 6.07) is 33.6. The first-order valence-electron chi connectivity index (χ1n) is 36.5. The molecule has 0 radical (unpaired) electrons. The lowest BCUT2D eigenvalue weighted by Gasteiger charge is -2.34. The summed E-state index contributed by atoms with van der Waals surface area (Å²) < 4.78 is 19.2. The molecule has 3 aliphatic rings. The molecule has 3 atom stereocenters. The van der Waals surface area contributed by atoms with Gasteiger partial charge in [0.15, 0.2) is 0 Å². The number of nitrogens with two attached hydrogens (primary N) is 3. The lowest BCUT2D eigenvalue weighted by atomic mass is 10.0. The van der Waals surface area contributed by atoms with Gasteiger partial charge in [0, 0.05) is 140 Å². The second-order valence-corrected chi connectivity index (χ2v) is 27.4. The molecule has 6 amide bonds. The monoisotopic (exact) mass is 1510 g/mol. The van der Waals surface area contributed by atoms with Crippen LogP contribution in [0.25, 0.3) is 50.3 Å². The molecule has 0 bridgehead atoms. The van der Waals surface area contributed by atoms with Crippen molar-refractivity contribution in [2.75, 3.05) is 94.1 Å². The van der Waals surface area contributed by atoms with E-state index in [2.05, 4.69) is 52.4 Å². The average Bonchev–Trinajstić information content (AvgIpc) is 1.61. The minimum atomic E-state index is -0.489. The predicted molar refractivity (Wildman–Crippen MR) is 426 cm³/mol. The maximum absolute atomic E-state index is 13.5. The number of likely N-dealkylation sites (tertiary alicyclic amines) is 3. The van der Waals surface area contributed by atoms with Gasteiger partial charge in [-0.2, -0.15) is 0 Å². The van der Waals surface area contributed by atoms with Crippen LogP contribution in [0.15, 0.2) is 214 Å². The third-order valence-corrected chi connectivity index (χ3v) is 19.3. The van der Waals surface area contributed by atoms with Crippen molar-refractivity contribution in [1.82, 2.24) is 82.6 Å². The molecule has 3 fully saturated rings. The van der Waals surface area contributed by atoms with Gasteiger partial charge in [-0.05, 0) is 146 Å². The first-order valence-corrected chi connectivity index (χ1v) is 36.5. The van der Waals surface area contributed by atoms with Gasteiger partial charge in [0.25, 0.3) is 17.7 Å². The molecule has 9 N–H and O–H groups in total. The van der Waals surface area contributed by atoms with E-state index in [4.69, 9.17) is 32.2 Å². The highest BCUT2D eigenvalue weighted by molar-refractivity contribution is 6.06. The number of nitrogens with one attached hydrogen (secondary N) is 3.